The molecule has 126 valence electrons. The van der Waals surface area contributed by atoms with Crippen LogP contribution in [-0.2, 0) is 18.6 Å². The van der Waals surface area contributed by atoms with E-state index in [2.05, 4.69) is 10.6 Å². The zero-order valence-electron chi connectivity index (χ0n) is 13.6. The molecule has 6 heteroatoms. The molecule has 24 heavy (non-hydrogen) atoms. The van der Waals surface area contributed by atoms with Gasteiger partial charge in [0.1, 0.15) is 11.3 Å². The Kier molecular flexibility index (Phi) is 4.51. The molecule has 0 bridgehead atoms. The van der Waals surface area contributed by atoms with Crippen LogP contribution in [-0.4, -0.2) is 23.6 Å². The van der Waals surface area contributed by atoms with Gasteiger partial charge in [-0.3, -0.25) is 10.1 Å². The molecule has 0 aromatic heterocycles. The van der Waals surface area contributed by atoms with Gasteiger partial charge in [-0.1, -0.05) is 30.3 Å². The summed E-state index contributed by atoms with van der Waals surface area (Å²) in [5, 5.41) is 28.0. The van der Waals surface area contributed by atoms with Gasteiger partial charge in [0, 0.05) is 26.2 Å². The molecular weight excluding hydrogens is 306 g/mol. The molecule has 0 fully saturated rings. The topological polar surface area (TPSA) is 87.4 Å². The minimum atomic E-state index is -0.868. The number of fused-ring (bicyclic) bond motifs is 1. The molecule has 0 heterocycles. The molecule has 2 aromatic carbocycles. The van der Waals surface area contributed by atoms with E-state index in [1.54, 1.807) is 19.2 Å². The monoisotopic (exact) mass is 327 g/mol. The van der Waals surface area contributed by atoms with Crippen LogP contribution in [0.5, 0.6) is 0 Å². The molecule has 0 saturated heterocycles. The standard InChI is InChI=1S/C18H21N3O3/c1-19-16-7-6-13(10-17(16)21(23)24)11-20-12-18(22)9-8-14-4-2-3-5-15(14)18/h2-7,10,19-20,22H,8-9,11-12H2,1H3. The van der Waals surface area contributed by atoms with E-state index in [4.69, 9.17) is 0 Å². The Morgan fingerprint density at radius 1 is 1.29 bits per heavy atom. The smallest absolute Gasteiger partial charge is 0.292 e. The molecule has 0 radical (unpaired) electrons. The molecule has 0 saturated carbocycles. The predicted octanol–water partition coefficient (Wildman–Crippen LogP) is 2.56. The summed E-state index contributed by atoms with van der Waals surface area (Å²) in [7, 11) is 1.66. The van der Waals surface area contributed by atoms with Crippen molar-refractivity contribution >= 4 is 11.4 Å². The lowest BCUT2D eigenvalue weighted by atomic mass is 9.96. The third-order valence-corrected chi connectivity index (χ3v) is 4.60. The van der Waals surface area contributed by atoms with Crippen LogP contribution in [0, 0.1) is 10.1 Å². The minimum absolute atomic E-state index is 0.0572. The number of benzene rings is 2. The van der Waals surface area contributed by atoms with Gasteiger partial charge in [-0.05, 0) is 35.6 Å². The summed E-state index contributed by atoms with van der Waals surface area (Å²) in [5.41, 5.74) is 2.67. The first-order valence-corrected chi connectivity index (χ1v) is 8.00. The molecule has 0 amide bonds. The quantitative estimate of drug-likeness (QED) is 0.561. The van der Waals surface area contributed by atoms with Crippen LogP contribution in [0.25, 0.3) is 0 Å². The lowest BCUT2D eigenvalue weighted by Gasteiger charge is -2.24. The number of hydrogen-bond acceptors (Lipinski definition) is 5. The van der Waals surface area contributed by atoms with Gasteiger partial charge in [-0.15, -0.1) is 0 Å². The summed E-state index contributed by atoms with van der Waals surface area (Å²) in [6, 6.07) is 13.1. The Labute approximate surface area is 140 Å². The van der Waals surface area contributed by atoms with Crippen LogP contribution >= 0.6 is 0 Å². The number of anilines is 1. The van der Waals surface area contributed by atoms with Crippen molar-refractivity contribution in [2.45, 2.75) is 25.0 Å². The highest BCUT2D eigenvalue weighted by molar-refractivity contribution is 5.62. The van der Waals surface area contributed by atoms with E-state index in [1.807, 2.05) is 30.3 Å². The van der Waals surface area contributed by atoms with Gasteiger partial charge in [0.15, 0.2) is 0 Å². The summed E-state index contributed by atoms with van der Waals surface area (Å²) in [5.74, 6) is 0. The number of nitro benzene ring substituents is 1. The molecule has 0 aliphatic heterocycles. The van der Waals surface area contributed by atoms with Gasteiger partial charge < -0.3 is 15.7 Å². The molecule has 1 unspecified atom stereocenters. The van der Waals surface area contributed by atoms with Gasteiger partial charge in [-0.2, -0.15) is 0 Å². The first-order valence-electron chi connectivity index (χ1n) is 8.00. The number of aliphatic hydroxyl groups is 1. The Morgan fingerprint density at radius 2 is 2.08 bits per heavy atom. The second-order valence-corrected chi connectivity index (χ2v) is 6.15. The highest BCUT2D eigenvalue weighted by Crippen LogP contribution is 2.36. The van der Waals surface area contributed by atoms with Gasteiger partial charge in [0.2, 0.25) is 0 Å². The van der Waals surface area contributed by atoms with E-state index in [0.29, 0.717) is 25.2 Å². The van der Waals surface area contributed by atoms with Gasteiger partial charge in [0.25, 0.3) is 5.69 Å². The Bertz CT molecular complexity index is 763. The third kappa shape index (κ3) is 3.11. The van der Waals surface area contributed by atoms with Gasteiger partial charge in [0.05, 0.1) is 4.92 Å². The lowest BCUT2D eigenvalue weighted by Crippen LogP contribution is -2.36. The average molecular weight is 327 g/mol. The van der Waals surface area contributed by atoms with E-state index >= 15 is 0 Å². The highest BCUT2D eigenvalue weighted by Gasteiger charge is 2.35. The van der Waals surface area contributed by atoms with Crippen molar-refractivity contribution in [3.05, 3.63) is 69.3 Å². The van der Waals surface area contributed by atoms with E-state index in [9.17, 15) is 15.2 Å². The fourth-order valence-corrected chi connectivity index (χ4v) is 3.32. The SMILES string of the molecule is CNc1ccc(CNCC2(O)CCc3ccccc32)cc1[N+](=O)[O-]. The fraction of sp³-hybridized carbons (Fsp3) is 0.333. The van der Waals surface area contributed by atoms with Crippen LogP contribution < -0.4 is 10.6 Å². The number of aryl methyl sites for hydroxylation is 1. The summed E-state index contributed by atoms with van der Waals surface area (Å²) in [4.78, 5) is 10.7. The van der Waals surface area contributed by atoms with Crippen molar-refractivity contribution < 1.29 is 10.0 Å². The number of nitro groups is 1. The zero-order valence-corrected chi connectivity index (χ0v) is 13.6. The van der Waals surface area contributed by atoms with Crippen molar-refractivity contribution in [1.82, 2.24) is 5.32 Å². The number of rotatable bonds is 6. The maximum atomic E-state index is 11.1. The first kappa shape index (κ1) is 16.4. The van der Waals surface area contributed by atoms with Crippen LogP contribution in [0.15, 0.2) is 42.5 Å². The molecule has 6 nitrogen and oxygen atoms in total. The highest BCUT2D eigenvalue weighted by atomic mass is 16.6. The molecular formula is C18H21N3O3. The average Bonchev–Trinajstić information content (AvgIpc) is 2.92. The van der Waals surface area contributed by atoms with Crippen LogP contribution in [0.3, 0.4) is 0 Å². The van der Waals surface area contributed by atoms with Crippen LogP contribution in [0.4, 0.5) is 11.4 Å². The van der Waals surface area contributed by atoms with Crippen molar-refractivity contribution in [2.75, 3.05) is 18.9 Å². The Hall–Kier alpha value is -2.44. The predicted molar refractivity (Wildman–Crippen MR) is 93.0 cm³/mol. The second kappa shape index (κ2) is 6.59. The van der Waals surface area contributed by atoms with Crippen molar-refractivity contribution in [1.29, 1.82) is 0 Å². The van der Waals surface area contributed by atoms with Crippen molar-refractivity contribution in [3.63, 3.8) is 0 Å². The summed E-state index contributed by atoms with van der Waals surface area (Å²) in [6.07, 6.45) is 1.56. The van der Waals surface area contributed by atoms with E-state index < -0.39 is 10.5 Å². The fourth-order valence-electron chi connectivity index (χ4n) is 3.32. The van der Waals surface area contributed by atoms with Gasteiger partial charge in [-0.25, -0.2) is 0 Å². The van der Waals surface area contributed by atoms with Crippen molar-refractivity contribution in [3.8, 4) is 0 Å². The minimum Gasteiger partial charge on any atom is -0.384 e. The maximum absolute atomic E-state index is 11.1. The first-order chi connectivity index (χ1) is 11.5. The van der Waals surface area contributed by atoms with Crippen molar-refractivity contribution in [2.24, 2.45) is 0 Å². The Morgan fingerprint density at radius 3 is 2.83 bits per heavy atom. The van der Waals surface area contributed by atoms with Crippen LogP contribution in [0.1, 0.15) is 23.1 Å². The van der Waals surface area contributed by atoms with Crippen LogP contribution in [0.2, 0.25) is 0 Å². The summed E-state index contributed by atoms with van der Waals surface area (Å²) < 4.78 is 0. The zero-order chi connectivity index (χ0) is 17.2. The Balaban J connectivity index is 1.67. The summed E-state index contributed by atoms with van der Waals surface area (Å²) >= 11 is 0. The summed E-state index contributed by atoms with van der Waals surface area (Å²) in [6.45, 7) is 0.890. The third-order valence-electron chi connectivity index (χ3n) is 4.60. The largest absolute Gasteiger partial charge is 0.384 e. The maximum Gasteiger partial charge on any atom is 0.292 e. The molecule has 1 atom stereocenters. The van der Waals surface area contributed by atoms with Gasteiger partial charge >= 0.3 is 0 Å². The molecule has 1 aliphatic carbocycles. The van der Waals surface area contributed by atoms with E-state index in [-0.39, 0.29) is 5.69 Å². The van der Waals surface area contributed by atoms with E-state index in [1.165, 1.54) is 5.56 Å². The number of nitrogens with zero attached hydrogens (tertiary/aromatic N) is 1. The lowest BCUT2D eigenvalue weighted by molar-refractivity contribution is -0.384. The normalized spacial score (nSPS) is 19.1. The molecule has 3 rings (SSSR count). The molecule has 3 N–H and O–H groups in total. The molecule has 0 spiro atoms. The second-order valence-electron chi connectivity index (χ2n) is 6.15. The van der Waals surface area contributed by atoms with E-state index in [0.717, 1.165) is 17.5 Å². The molecule has 1 aliphatic rings. The number of hydrogen-bond donors (Lipinski definition) is 3. The molecule has 2 aromatic rings. The number of nitrogens with one attached hydrogen (secondary N) is 2.